The predicted octanol–water partition coefficient (Wildman–Crippen LogP) is 4.51. The fraction of sp³-hybridized carbons (Fsp3) is 0.400. The molecule has 0 spiro atoms. The summed E-state index contributed by atoms with van der Waals surface area (Å²) in [5.74, 6) is 0. The van der Waals surface area contributed by atoms with E-state index < -0.39 is 0 Å². The lowest BCUT2D eigenvalue weighted by atomic mass is 10.0. The van der Waals surface area contributed by atoms with Gasteiger partial charge in [-0.05, 0) is 31.0 Å². The normalized spacial score (nSPS) is 12.4. The molecule has 0 saturated carbocycles. The maximum absolute atomic E-state index is 5.94. The number of aryl methyl sites for hydroxylation is 1. The lowest BCUT2D eigenvalue weighted by Gasteiger charge is -2.18. The van der Waals surface area contributed by atoms with E-state index in [0.29, 0.717) is 6.04 Å². The topological polar surface area (TPSA) is 29.9 Å². The van der Waals surface area contributed by atoms with Crippen LogP contribution in [0.1, 0.15) is 38.3 Å². The van der Waals surface area contributed by atoms with E-state index in [1.165, 1.54) is 5.56 Å². The van der Waals surface area contributed by atoms with Crippen LogP contribution in [-0.2, 0) is 6.54 Å². The zero-order valence-corrected chi connectivity index (χ0v) is 12.2. The van der Waals surface area contributed by atoms with Crippen LogP contribution in [0.3, 0.4) is 0 Å². The second-order valence-corrected chi connectivity index (χ2v) is 5.06. The van der Waals surface area contributed by atoms with E-state index >= 15 is 0 Å². The van der Waals surface area contributed by atoms with Crippen LogP contribution in [0.25, 0.3) is 0 Å². The first kappa shape index (κ1) is 13.9. The quantitative estimate of drug-likeness (QED) is 0.842. The van der Waals surface area contributed by atoms with Gasteiger partial charge in [-0.25, -0.2) is 0 Å². The second kappa shape index (κ2) is 6.62. The smallest absolute Gasteiger partial charge is 0.0731 e. The number of benzene rings is 1. The van der Waals surface area contributed by atoms with Crippen molar-refractivity contribution in [1.29, 1.82) is 0 Å². The van der Waals surface area contributed by atoms with Crippen LogP contribution in [0.4, 0.5) is 5.69 Å². The molecule has 0 aliphatic carbocycles. The van der Waals surface area contributed by atoms with Crippen molar-refractivity contribution in [2.45, 2.75) is 39.3 Å². The molecule has 1 heterocycles. The first-order valence-electron chi connectivity index (χ1n) is 6.77. The number of nitrogens with one attached hydrogen (secondary N) is 1. The number of nitrogens with zero attached hydrogens (tertiary/aromatic N) is 2. The fourth-order valence-corrected chi connectivity index (χ4v) is 2.24. The van der Waals surface area contributed by atoms with Gasteiger partial charge in [-0.1, -0.05) is 37.1 Å². The highest BCUT2D eigenvalue weighted by Crippen LogP contribution is 2.25. The van der Waals surface area contributed by atoms with Gasteiger partial charge < -0.3 is 5.32 Å². The molecule has 1 atom stereocenters. The van der Waals surface area contributed by atoms with E-state index in [1.807, 2.05) is 29.2 Å². The zero-order valence-electron chi connectivity index (χ0n) is 11.4. The van der Waals surface area contributed by atoms with Crippen LogP contribution in [0.2, 0.25) is 5.02 Å². The molecule has 0 amide bonds. The van der Waals surface area contributed by atoms with Crippen LogP contribution < -0.4 is 5.32 Å². The molecule has 2 aromatic rings. The third-order valence-electron chi connectivity index (χ3n) is 3.15. The molecule has 3 nitrogen and oxygen atoms in total. The Morgan fingerprint density at radius 3 is 2.58 bits per heavy atom. The van der Waals surface area contributed by atoms with Gasteiger partial charge in [0, 0.05) is 17.8 Å². The highest BCUT2D eigenvalue weighted by atomic mass is 35.5. The highest BCUT2D eigenvalue weighted by Gasteiger charge is 2.11. The van der Waals surface area contributed by atoms with E-state index in [1.54, 1.807) is 0 Å². The molecule has 1 aromatic carbocycles. The van der Waals surface area contributed by atoms with Crippen molar-refractivity contribution >= 4 is 17.3 Å². The van der Waals surface area contributed by atoms with Gasteiger partial charge in [0.15, 0.2) is 0 Å². The Morgan fingerprint density at radius 2 is 2.00 bits per heavy atom. The van der Waals surface area contributed by atoms with Gasteiger partial charge >= 0.3 is 0 Å². The molecule has 0 fully saturated rings. The molecule has 2 rings (SSSR count). The predicted molar refractivity (Wildman–Crippen MR) is 80.6 cm³/mol. The molecular weight excluding hydrogens is 258 g/mol. The lowest BCUT2D eigenvalue weighted by molar-refractivity contribution is 0.658. The van der Waals surface area contributed by atoms with E-state index in [9.17, 15) is 0 Å². The van der Waals surface area contributed by atoms with E-state index in [-0.39, 0.29) is 0 Å². The van der Waals surface area contributed by atoms with Crippen molar-refractivity contribution in [2.75, 3.05) is 5.32 Å². The highest BCUT2D eigenvalue weighted by molar-refractivity contribution is 6.30. The molecule has 0 bridgehead atoms. The zero-order chi connectivity index (χ0) is 13.7. The van der Waals surface area contributed by atoms with Crippen LogP contribution >= 0.6 is 11.6 Å². The van der Waals surface area contributed by atoms with Crippen LogP contribution in [0.5, 0.6) is 0 Å². The Kier molecular flexibility index (Phi) is 4.86. The maximum atomic E-state index is 5.94. The largest absolute Gasteiger partial charge is 0.376 e. The van der Waals surface area contributed by atoms with Gasteiger partial charge in [-0.15, -0.1) is 0 Å². The first-order chi connectivity index (χ1) is 9.22. The minimum absolute atomic E-state index is 0.303. The van der Waals surface area contributed by atoms with Crippen molar-refractivity contribution in [3.63, 3.8) is 0 Å². The van der Waals surface area contributed by atoms with E-state index in [4.69, 9.17) is 11.6 Å². The third-order valence-corrected chi connectivity index (χ3v) is 3.40. The Labute approximate surface area is 119 Å². The molecule has 19 heavy (non-hydrogen) atoms. The Morgan fingerprint density at radius 1 is 1.26 bits per heavy atom. The average molecular weight is 278 g/mol. The number of halogens is 1. The van der Waals surface area contributed by atoms with E-state index in [2.05, 4.69) is 36.4 Å². The standard InChI is InChI=1S/C15H20ClN3/c1-3-5-15(12-6-8-13(16)9-7-12)18-14-10-17-19(4-2)11-14/h6-11,15,18H,3-5H2,1-2H3. The summed E-state index contributed by atoms with van der Waals surface area (Å²) in [6.45, 7) is 5.17. The summed E-state index contributed by atoms with van der Waals surface area (Å²) in [5, 5.41) is 8.61. The molecule has 4 heteroatoms. The van der Waals surface area contributed by atoms with Crippen LogP contribution in [0, 0.1) is 0 Å². The Balaban J connectivity index is 2.13. The summed E-state index contributed by atoms with van der Waals surface area (Å²) in [6.07, 6.45) is 6.13. The summed E-state index contributed by atoms with van der Waals surface area (Å²) in [7, 11) is 0. The van der Waals surface area contributed by atoms with Gasteiger partial charge in [0.25, 0.3) is 0 Å². The molecule has 1 aromatic heterocycles. The SMILES string of the molecule is CCCC(Nc1cnn(CC)c1)c1ccc(Cl)cc1. The van der Waals surface area contributed by atoms with E-state index in [0.717, 1.165) is 30.1 Å². The molecule has 0 radical (unpaired) electrons. The molecule has 0 aliphatic rings. The van der Waals surface area contributed by atoms with Gasteiger partial charge in [0.1, 0.15) is 0 Å². The average Bonchev–Trinajstić information content (AvgIpc) is 2.87. The number of aromatic nitrogens is 2. The van der Waals surface area contributed by atoms with Gasteiger partial charge in [0.05, 0.1) is 17.9 Å². The molecular formula is C15H20ClN3. The summed E-state index contributed by atoms with van der Waals surface area (Å²) >= 11 is 5.94. The van der Waals surface area contributed by atoms with Gasteiger partial charge in [-0.3, -0.25) is 4.68 Å². The number of hydrogen-bond acceptors (Lipinski definition) is 2. The molecule has 0 aliphatic heterocycles. The number of anilines is 1. The van der Waals surface area contributed by atoms with Crippen LogP contribution in [-0.4, -0.2) is 9.78 Å². The van der Waals surface area contributed by atoms with Gasteiger partial charge in [-0.2, -0.15) is 5.10 Å². The summed E-state index contributed by atoms with van der Waals surface area (Å²) in [6, 6.07) is 8.35. The summed E-state index contributed by atoms with van der Waals surface area (Å²) in [4.78, 5) is 0. The van der Waals surface area contributed by atoms with Crippen molar-refractivity contribution in [2.24, 2.45) is 0 Å². The monoisotopic (exact) mass is 277 g/mol. The van der Waals surface area contributed by atoms with Crippen LogP contribution in [0.15, 0.2) is 36.7 Å². The first-order valence-corrected chi connectivity index (χ1v) is 7.15. The molecule has 102 valence electrons. The van der Waals surface area contributed by atoms with Crippen molar-refractivity contribution < 1.29 is 0 Å². The van der Waals surface area contributed by atoms with Crippen molar-refractivity contribution in [1.82, 2.24) is 9.78 Å². The molecule has 1 N–H and O–H groups in total. The molecule has 0 saturated heterocycles. The lowest BCUT2D eigenvalue weighted by Crippen LogP contribution is -2.10. The number of rotatable bonds is 6. The molecule has 1 unspecified atom stereocenters. The van der Waals surface area contributed by atoms with Crippen molar-refractivity contribution in [3.8, 4) is 0 Å². The Hall–Kier alpha value is -1.48. The third kappa shape index (κ3) is 3.74. The summed E-state index contributed by atoms with van der Waals surface area (Å²) < 4.78 is 1.92. The second-order valence-electron chi connectivity index (χ2n) is 4.62. The number of hydrogen-bond donors (Lipinski definition) is 1. The minimum atomic E-state index is 0.303. The maximum Gasteiger partial charge on any atom is 0.0731 e. The fourth-order valence-electron chi connectivity index (χ4n) is 2.12. The van der Waals surface area contributed by atoms with Crippen molar-refractivity contribution in [3.05, 3.63) is 47.2 Å². The van der Waals surface area contributed by atoms with Gasteiger partial charge in [0.2, 0.25) is 0 Å². The summed E-state index contributed by atoms with van der Waals surface area (Å²) in [5.41, 5.74) is 2.32. The minimum Gasteiger partial charge on any atom is -0.376 e. The Bertz CT molecular complexity index is 504.